The monoisotopic (exact) mass is 205 g/mol. The number of hydrogen-bond acceptors (Lipinski definition) is 3. The lowest BCUT2D eigenvalue weighted by atomic mass is 10.3. The van der Waals surface area contributed by atoms with Crippen LogP contribution in [0.15, 0.2) is 41.5 Å². The molecule has 0 aliphatic carbocycles. The minimum Gasteiger partial charge on any atom is -0.469 e. The average Bonchev–Trinajstić information content (AvgIpc) is 2.90. The summed E-state index contributed by atoms with van der Waals surface area (Å²) >= 11 is 0. The minimum atomic E-state index is -0.181. The Morgan fingerprint density at radius 3 is 3.20 bits per heavy atom. The molecule has 0 aliphatic heterocycles. The molecule has 0 aromatic carbocycles. The Balaban J connectivity index is 1.77. The molecule has 0 fully saturated rings. The molecule has 0 radical (unpaired) electrons. The van der Waals surface area contributed by atoms with Gasteiger partial charge in [0.2, 0.25) is 0 Å². The second-order valence-electron chi connectivity index (χ2n) is 3.03. The first-order chi connectivity index (χ1) is 7.36. The number of carbonyl (C=O) groups is 1. The molecule has 0 bridgehead atoms. The van der Waals surface area contributed by atoms with Gasteiger partial charge in [0.05, 0.1) is 6.26 Å². The largest absolute Gasteiger partial charge is 0.469 e. The SMILES string of the molecule is O=C(NCCc1ccco1)n1ccnc1. The van der Waals surface area contributed by atoms with E-state index in [1.807, 2.05) is 12.1 Å². The van der Waals surface area contributed by atoms with Gasteiger partial charge in [0.25, 0.3) is 0 Å². The molecule has 0 atom stereocenters. The summed E-state index contributed by atoms with van der Waals surface area (Å²) in [7, 11) is 0. The molecule has 5 nitrogen and oxygen atoms in total. The molecule has 0 saturated carbocycles. The van der Waals surface area contributed by atoms with Gasteiger partial charge in [-0.2, -0.15) is 0 Å². The molecular formula is C10H11N3O2. The highest BCUT2D eigenvalue weighted by Crippen LogP contribution is 1.99. The van der Waals surface area contributed by atoms with Crippen molar-refractivity contribution in [1.82, 2.24) is 14.9 Å². The van der Waals surface area contributed by atoms with Crippen LogP contribution in [-0.2, 0) is 6.42 Å². The highest BCUT2D eigenvalue weighted by atomic mass is 16.3. The van der Waals surface area contributed by atoms with Crippen LogP contribution >= 0.6 is 0 Å². The zero-order valence-electron chi connectivity index (χ0n) is 8.09. The first-order valence-electron chi connectivity index (χ1n) is 4.65. The third-order valence-corrected chi connectivity index (χ3v) is 1.97. The van der Waals surface area contributed by atoms with Gasteiger partial charge in [-0.25, -0.2) is 9.78 Å². The number of aromatic nitrogens is 2. The summed E-state index contributed by atoms with van der Waals surface area (Å²) in [5, 5.41) is 2.75. The van der Waals surface area contributed by atoms with Crippen LogP contribution in [0.4, 0.5) is 4.79 Å². The van der Waals surface area contributed by atoms with E-state index in [1.54, 1.807) is 18.7 Å². The van der Waals surface area contributed by atoms with Crippen LogP contribution in [0.1, 0.15) is 5.76 Å². The van der Waals surface area contributed by atoms with E-state index in [0.717, 1.165) is 5.76 Å². The van der Waals surface area contributed by atoms with E-state index in [4.69, 9.17) is 4.42 Å². The Kier molecular flexibility index (Phi) is 2.82. The Hall–Kier alpha value is -2.04. The number of nitrogens with zero attached hydrogens (tertiary/aromatic N) is 2. The van der Waals surface area contributed by atoms with E-state index in [9.17, 15) is 4.79 Å². The molecular weight excluding hydrogens is 194 g/mol. The number of nitrogens with one attached hydrogen (secondary N) is 1. The fourth-order valence-corrected chi connectivity index (χ4v) is 1.22. The van der Waals surface area contributed by atoms with Crippen molar-refractivity contribution in [2.24, 2.45) is 0 Å². The van der Waals surface area contributed by atoms with Crippen molar-refractivity contribution < 1.29 is 9.21 Å². The third-order valence-electron chi connectivity index (χ3n) is 1.97. The molecule has 2 rings (SSSR count). The van der Waals surface area contributed by atoms with Crippen molar-refractivity contribution in [2.45, 2.75) is 6.42 Å². The Morgan fingerprint density at radius 2 is 2.53 bits per heavy atom. The van der Waals surface area contributed by atoms with E-state index >= 15 is 0 Å². The predicted octanol–water partition coefficient (Wildman–Crippen LogP) is 1.28. The number of furan rings is 1. The number of hydrogen-bond donors (Lipinski definition) is 1. The molecule has 1 N–H and O–H groups in total. The smallest absolute Gasteiger partial charge is 0.326 e. The highest BCUT2D eigenvalue weighted by Gasteiger charge is 2.02. The van der Waals surface area contributed by atoms with Gasteiger partial charge in [0, 0.05) is 25.4 Å². The average molecular weight is 205 g/mol. The number of carbonyl (C=O) groups excluding carboxylic acids is 1. The van der Waals surface area contributed by atoms with Gasteiger partial charge in [0.1, 0.15) is 12.1 Å². The number of imidazole rings is 1. The molecule has 5 heteroatoms. The van der Waals surface area contributed by atoms with Gasteiger partial charge >= 0.3 is 6.03 Å². The quantitative estimate of drug-likeness (QED) is 0.821. The van der Waals surface area contributed by atoms with Crippen molar-refractivity contribution >= 4 is 6.03 Å². The number of amides is 1. The van der Waals surface area contributed by atoms with E-state index in [1.165, 1.54) is 10.9 Å². The summed E-state index contributed by atoms with van der Waals surface area (Å²) in [6.07, 6.45) is 6.93. The Labute approximate surface area is 86.7 Å². The molecule has 0 unspecified atom stereocenters. The third kappa shape index (κ3) is 2.46. The molecule has 1 amide bonds. The Morgan fingerprint density at radius 1 is 1.60 bits per heavy atom. The van der Waals surface area contributed by atoms with Crippen LogP contribution in [-0.4, -0.2) is 22.1 Å². The second-order valence-corrected chi connectivity index (χ2v) is 3.03. The van der Waals surface area contributed by atoms with Gasteiger partial charge < -0.3 is 9.73 Å². The molecule has 15 heavy (non-hydrogen) atoms. The molecule has 2 heterocycles. The predicted molar refractivity (Wildman–Crippen MR) is 53.4 cm³/mol. The minimum absolute atomic E-state index is 0.181. The molecule has 0 saturated heterocycles. The van der Waals surface area contributed by atoms with Crippen LogP contribution in [0.5, 0.6) is 0 Å². The van der Waals surface area contributed by atoms with Crippen molar-refractivity contribution in [3.05, 3.63) is 42.9 Å². The zero-order valence-corrected chi connectivity index (χ0v) is 8.09. The van der Waals surface area contributed by atoms with Gasteiger partial charge in [-0.3, -0.25) is 4.57 Å². The van der Waals surface area contributed by atoms with Gasteiger partial charge in [-0.15, -0.1) is 0 Å². The van der Waals surface area contributed by atoms with Crippen LogP contribution in [0, 0.1) is 0 Å². The molecule has 2 aromatic heterocycles. The van der Waals surface area contributed by atoms with Crippen LogP contribution in [0.2, 0.25) is 0 Å². The van der Waals surface area contributed by atoms with E-state index in [0.29, 0.717) is 13.0 Å². The lowest BCUT2D eigenvalue weighted by Crippen LogP contribution is -2.29. The normalized spacial score (nSPS) is 10.1. The molecule has 2 aromatic rings. The second kappa shape index (κ2) is 4.45. The van der Waals surface area contributed by atoms with Crippen LogP contribution < -0.4 is 5.32 Å². The maximum atomic E-state index is 11.4. The first-order valence-corrected chi connectivity index (χ1v) is 4.65. The summed E-state index contributed by atoms with van der Waals surface area (Å²) in [5.41, 5.74) is 0. The molecule has 0 aliphatic rings. The molecule has 0 spiro atoms. The van der Waals surface area contributed by atoms with Crippen LogP contribution in [0.25, 0.3) is 0 Å². The molecule has 78 valence electrons. The highest BCUT2D eigenvalue weighted by molar-refractivity contribution is 5.76. The summed E-state index contributed by atoms with van der Waals surface area (Å²) < 4.78 is 6.53. The van der Waals surface area contributed by atoms with Gasteiger partial charge in [0.15, 0.2) is 0 Å². The summed E-state index contributed by atoms with van der Waals surface area (Å²) in [6.45, 7) is 0.546. The topological polar surface area (TPSA) is 60.1 Å². The van der Waals surface area contributed by atoms with Gasteiger partial charge in [-0.05, 0) is 12.1 Å². The maximum absolute atomic E-state index is 11.4. The maximum Gasteiger partial charge on any atom is 0.326 e. The van der Waals surface area contributed by atoms with E-state index in [-0.39, 0.29) is 6.03 Å². The van der Waals surface area contributed by atoms with Crippen molar-refractivity contribution in [2.75, 3.05) is 6.54 Å². The first kappa shape index (κ1) is 9.51. The van der Waals surface area contributed by atoms with Crippen molar-refractivity contribution in [3.8, 4) is 0 Å². The van der Waals surface area contributed by atoms with Crippen LogP contribution in [0.3, 0.4) is 0 Å². The lowest BCUT2D eigenvalue weighted by Gasteiger charge is -2.03. The fraction of sp³-hybridized carbons (Fsp3) is 0.200. The summed E-state index contributed by atoms with van der Waals surface area (Å²) in [5.74, 6) is 0.862. The standard InChI is InChI=1S/C10H11N3O2/c14-10(13-6-5-11-8-13)12-4-3-9-2-1-7-15-9/h1-2,5-8H,3-4H2,(H,12,14). The number of rotatable bonds is 3. The Bertz CT molecular complexity index is 406. The fourth-order valence-electron chi connectivity index (χ4n) is 1.22. The van der Waals surface area contributed by atoms with Crippen molar-refractivity contribution in [1.29, 1.82) is 0 Å². The van der Waals surface area contributed by atoms with E-state index < -0.39 is 0 Å². The van der Waals surface area contributed by atoms with Crippen molar-refractivity contribution in [3.63, 3.8) is 0 Å². The summed E-state index contributed by atoms with van der Waals surface area (Å²) in [6, 6.07) is 3.52. The lowest BCUT2D eigenvalue weighted by molar-refractivity contribution is 0.242. The van der Waals surface area contributed by atoms with E-state index in [2.05, 4.69) is 10.3 Å². The van der Waals surface area contributed by atoms with Gasteiger partial charge in [-0.1, -0.05) is 0 Å². The zero-order chi connectivity index (χ0) is 10.5. The summed E-state index contributed by atoms with van der Waals surface area (Å²) in [4.78, 5) is 15.2.